The van der Waals surface area contributed by atoms with Crippen LogP contribution in [0.15, 0.2) is 53.8 Å². The number of ether oxygens (including phenoxy) is 1. The molecule has 0 heterocycles. The molecule has 5 heteroatoms. The second-order valence-corrected chi connectivity index (χ2v) is 6.03. The van der Waals surface area contributed by atoms with E-state index in [1.165, 1.54) is 0 Å². The maximum absolute atomic E-state index is 12.7. The fourth-order valence-electron chi connectivity index (χ4n) is 2.91. The summed E-state index contributed by atoms with van der Waals surface area (Å²) in [6.45, 7) is 6.19. The molecule has 130 valence electrons. The minimum Gasteiger partial charge on any atom is -0.374 e. The fourth-order valence-corrected chi connectivity index (χ4v) is 2.91. The molecule has 0 aromatic heterocycles. The zero-order valence-electron chi connectivity index (χ0n) is 14.2. The van der Waals surface area contributed by atoms with Crippen molar-refractivity contribution in [1.82, 2.24) is 0 Å². The van der Waals surface area contributed by atoms with E-state index in [9.17, 15) is 9.59 Å². The van der Waals surface area contributed by atoms with Crippen molar-refractivity contribution < 1.29 is 24.1 Å². The van der Waals surface area contributed by atoms with Gasteiger partial charge in [-0.3, -0.25) is 9.59 Å². The number of ketones is 2. The molecule has 0 saturated carbocycles. The standard InChI is InChI=1S/C20H20O5/c1-13(2)25-24-10-9-23-12-14-7-8-17-18(11-14)20(22)16-6-4-3-5-15(16)19(17)21/h3,5,7-8,11H,1,4,6,9-10,12H2,2H3. The van der Waals surface area contributed by atoms with Gasteiger partial charge in [0.25, 0.3) is 0 Å². The highest BCUT2D eigenvalue weighted by Gasteiger charge is 2.31. The number of hydrogen-bond acceptors (Lipinski definition) is 5. The Morgan fingerprint density at radius 1 is 1.16 bits per heavy atom. The second kappa shape index (κ2) is 7.59. The summed E-state index contributed by atoms with van der Waals surface area (Å²) in [6, 6.07) is 5.28. The Balaban J connectivity index is 1.65. The van der Waals surface area contributed by atoms with E-state index in [2.05, 4.69) is 6.58 Å². The fraction of sp³-hybridized carbons (Fsp3) is 0.300. The second-order valence-electron chi connectivity index (χ2n) is 6.03. The van der Waals surface area contributed by atoms with Crippen LogP contribution in [0.25, 0.3) is 0 Å². The lowest BCUT2D eigenvalue weighted by Gasteiger charge is -2.22. The lowest BCUT2D eigenvalue weighted by molar-refractivity contribution is -0.267. The third-order valence-corrected chi connectivity index (χ3v) is 4.04. The average molecular weight is 340 g/mol. The molecular weight excluding hydrogens is 320 g/mol. The van der Waals surface area contributed by atoms with Gasteiger partial charge in [0.05, 0.1) is 13.2 Å². The maximum Gasteiger partial charge on any atom is 0.194 e. The molecule has 0 aliphatic heterocycles. The monoisotopic (exact) mass is 340 g/mol. The Morgan fingerprint density at radius 2 is 2.00 bits per heavy atom. The minimum atomic E-state index is -0.0710. The number of carbonyl (C=O) groups excluding carboxylic acids is 2. The molecule has 0 N–H and O–H groups in total. The van der Waals surface area contributed by atoms with E-state index in [0.29, 0.717) is 47.7 Å². The molecule has 0 bridgehead atoms. The predicted octanol–water partition coefficient (Wildman–Crippen LogP) is 3.71. The van der Waals surface area contributed by atoms with Crippen molar-refractivity contribution in [3.05, 3.63) is 70.5 Å². The zero-order chi connectivity index (χ0) is 17.8. The lowest BCUT2D eigenvalue weighted by Crippen LogP contribution is -2.23. The van der Waals surface area contributed by atoms with Crippen LogP contribution in [-0.2, 0) is 21.1 Å². The number of fused-ring (bicyclic) bond motifs is 1. The van der Waals surface area contributed by atoms with Crippen LogP contribution in [0.2, 0.25) is 0 Å². The number of hydrogen-bond donors (Lipinski definition) is 0. The smallest absolute Gasteiger partial charge is 0.194 e. The zero-order valence-corrected chi connectivity index (χ0v) is 14.2. The normalized spacial score (nSPS) is 15.9. The van der Waals surface area contributed by atoms with Crippen molar-refractivity contribution in [3.8, 4) is 0 Å². The summed E-state index contributed by atoms with van der Waals surface area (Å²) in [5.74, 6) is 0.358. The van der Waals surface area contributed by atoms with Gasteiger partial charge in [0.2, 0.25) is 0 Å². The van der Waals surface area contributed by atoms with Gasteiger partial charge in [-0.15, -0.1) is 0 Å². The Hall–Kier alpha value is -2.50. The highest BCUT2D eigenvalue weighted by Crippen LogP contribution is 2.32. The van der Waals surface area contributed by atoms with E-state index in [-0.39, 0.29) is 18.2 Å². The van der Waals surface area contributed by atoms with Crippen molar-refractivity contribution in [2.24, 2.45) is 0 Å². The summed E-state index contributed by atoms with van der Waals surface area (Å²) in [6.07, 6.45) is 5.13. The van der Waals surface area contributed by atoms with Crippen LogP contribution in [0.3, 0.4) is 0 Å². The van der Waals surface area contributed by atoms with E-state index in [1.807, 2.05) is 12.1 Å². The van der Waals surface area contributed by atoms with Gasteiger partial charge in [0.1, 0.15) is 12.4 Å². The minimum absolute atomic E-state index is 0.0472. The van der Waals surface area contributed by atoms with Crippen LogP contribution in [0.4, 0.5) is 0 Å². The van der Waals surface area contributed by atoms with E-state index in [1.54, 1.807) is 25.1 Å². The van der Waals surface area contributed by atoms with Crippen LogP contribution in [-0.4, -0.2) is 24.8 Å². The van der Waals surface area contributed by atoms with Crippen LogP contribution in [0, 0.1) is 0 Å². The molecule has 0 radical (unpaired) electrons. The first-order chi connectivity index (χ1) is 12.1. The largest absolute Gasteiger partial charge is 0.374 e. The Morgan fingerprint density at radius 3 is 2.80 bits per heavy atom. The number of rotatable bonds is 7. The van der Waals surface area contributed by atoms with Crippen molar-refractivity contribution >= 4 is 11.6 Å². The van der Waals surface area contributed by atoms with Crippen LogP contribution in [0.5, 0.6) is 0 Å². The highest BCUT2D eigenvalue weighted by molar-refractivity contribution is 6.28. The Kier molecular flexibility index (Phi) is 5.26. The molecule has 2 aliphatic carbocycles. The van der Waals surface area contributed by atoms with Gasteiger partial charge in [-0.05, 0) is 37.5 Å². The van der Waals surface area contributed by atoms with Crippen molar-refractivity contribution in [2.75, 3.05) is 13.2 Å². The van der Waals surface area contributed by atoms with E-state index in [0.717, 1.165) is 12.0 Å². The van der Waals surface area contributed by atoms with Gasteiger partial charge in [-0.1, -0.05) is 24.8 Å². The Bertz CT molecular complexity index is 785. The molecular formula is C20H20O5. The van der Waals surface area contributed by atoms with Gasteiger partial charge < -0.3 is 9.62 Å². The van der Waals surface area contributed by atoms with Gasteiger partial charge in [0, 0.05) is 22.3 Å². The van der Waals surface area contributed by atoms with E-state index < -0.39 is 0 Å². The molecule has 5 nitrogen and oxygen atoms in total. The van der Waals surface area contributed by atoms with Crippen molar-refractivity contribution in [2.45, 2.75) is 26.4 Å². The van der Waals surface area contributed by atoms with Gasteiger partial charge in [-0.2, -0.15) is 4.89 Å². The summed E-state index contributed by atoms with van der Waals surface area (Å²) >= 11 is 0. The Labute approximate surface area is 146 Å². The van der Waals surface area contributed by atoms with Gasteiger partial charge in [-0.25, -0.2) is 0 Å². The van der Waals surface area contributed by atoms with Gasteiger partial charge >= 0.3 is 0 Å². The van der Waals surface area contributed by atoms with Crippen LogP contribution < -0.4 is 0 Å². The SMILES string of the molecule is C=C(C)OOCCOCc1ccc2c(c1)C(=O)C1=C(C=CCC1)C2=O. The molecule has 1 aromatic carbocycles. The number of carbonyl (C=O) groups is 2. The highest BCUT2D eigenvalue weighted by atomic mass is 17.2. The lowest BCUT2D eigenvalue weighted by atomic mass is 9.79. The van der Waals surface area contributed by atoms with Crippen LogP contribution >= 0.6 is 0 Å². The number of allylic oxidation sites excluding steroid dienone is 5. The summed E-state index contributed by atoms with van der Waals surface area (Å²) < 4.78 is 5.51. The molecule has 25 heavy (non-hydrogen) atoms. The van der Waals surface area contributed by atoms with Gasteiger partial charge in [0.15, 0.2) is 11.6 Å². The van der Waals surface area contributed by atoms with Crippen molar-refractivity contribution in [3.63, 3.8) is 0 Å². The number of Topliss-reactive ketones (excluding diaryl/α,β-unsaturated/α-hetero) is 2. The molecule has 0 spiro atoms. The molecule has 0 fully saturated rings. The average Bonchev–Trinajstić information content (AvgIpc) is 2.62. The predicted molar refractivity (Wildman–Crippen MR) is 92.0 cm³/mol. The first-order valence-electron chi connectivity index (χ1n) is 8.22. The summed E-state index contributed by atoms with van der Waals surface area (Å²) in [5.41, 5.74) is 2.96. The third kappa shape index (κ3) is 3.78. The van der Waals surface area contributed by atoms with E-state index in [4.69, 9.17) is 14.5 Å². The first kappa shape index (κ1) is 17.3. The molecule has 1 aromatic rings. The van der Waals surface area contributed by atoms with Crippen molar-refractivity contribution in [1.29, 1.82) is 0 Å². The molecule has 2 aliphatic rings. The third-order valence-electron chi connectivity index (χ3n) is 4.04. The van der Waals surface area contributed by atoms with Crippen LogP contribution in [0.1, 0.15) is 46.0 Å². The molecule has 0 saturated heterocycles. The molecule has 0 amide bonds. The summed E-state index contributed by atoms with van der Waals surface area (Å²) in [5, 5.41) is 0. The molecule has 3 rings (SSSR count). The quantitative estimate of drug-likeness (QED) is 0.328. The molecule has 0 unspecified atom stereocenters. The summed E-state index contributed by atoms with van der Waals surface area (Å²) in [4.78, 5) is 34.9. The maximum atomic E-state index is 12.7. The summed E-state index contributed by atoms with van der Waals surface area (Å²) in [7, 11) is 0. The molecule has 0 atom stereocenters. The number of benzene rings is 1. The van der Waals surface area contributed by atoms with E-state index >= 15 is 0 Å². The topological polar surface area (TPSA) is 61.8 Å². The first-order valence-corrected chi connectivity index (χ1v) is 8.22.